The van der Waals surface area contributed by atoms with Crippen molar-refractivity contribution < 1.29 is 4.79 Å². The number of benzene rings is 1. The lowest BCUT2D eigenvalue weighted by Gasteiger charge is -2.20. The molecule has 22 heavy (non-hydrogen) atoms. The minimum absolute atomic E-state index is 0.228. The summed E-state index contributed by atoms with van der Waals surface area (Å²) >= 11 is 0. The number of hydrogen-bond acceptors (Lipinski definition) is 2. The molecule has 2 fully saturated rings. The van der Waals surface area contributed by atoms with E-state index < -0.39 is 0 Å². The van der Waals surface area contributed by atoms with E-state index in [1.165, 1.54) is 11.8 Å². The Morgan fingerprint density at radius 2 is 2.09 bits per heavy atom. The summed E-state index contributed by atoms with van der Waals surface area (Å²) in [6.45, 7) is 4.26. The van der Waals surface area contributed by atoms with Gasteiger partial charge in [-0.3, -0.25) is 4.79 Å². The van der Waals surface area contributed by atoms with E-state index in [0.717, 1.165) is 30.7 Å². The Balaban J connectivity index is 1.53. The molecule has 1 aromatic heterocycles. The number of nitrogens with zero attached hydrogens (tertiary/aromatic N) is 2. The van der Waals surface area contributed by atoms with E-state index in [1.54, 1.807) is 0 Å². The van der Waals surface area contributed by atoms with Crippen molar-refractivity contribution >= 4 is 16.8 Å². The van der Waals surface area contributed by atoms with Gasteiger partial charge in [-0.25, -0.2) is 0 Å². The first-order valence-corrected chi connectivity index (χ1v) is 8.21. The third-order valence-electron chi connectivity index (χ3n) is 5.58. The van der Waals surface area contributed by atoms with Crippen LogP contribution in [0.3, 0.4) is 0 Å². The molecule has 2 aromatic rings. The van der Waals surface area contributed by atoms with Gasteiger partial charge in [0.2, 0.25) is 5.91 Å². The van der Waals surface area contributed by atoms with Gasteiger partial charge in [0.1, 0.15) is 6.54 Å². The normalized spacial score (nSPS) is 27.5. The molecule has 0 radical (unpaired) electrons. The largest absolute Gasteiger partial charge is 0.341 e. The first-order valence-electron chi connectivity index (χ1n) is 8.21. The summed E-state index contributed by atoms with van der Waals surface area (Å²) in [6, 6.07) is 10.7. The lowest BCUT2D eigenvalue weighted by atomic mass is 9.98. The molecule has 2 N–H and O–H groups in total. The van der Waals surface area contributed by atoms with Crippen LogP contribution in [0.25, 0.3) is 10.9 Å². The van der Waals surface area contributed by atoms with Crippen LogP contribution in [0.1, 0.15) is 18.5 Å². The summed E-state index contributed by atoms with van der Waals surface area (Å²) in [5.41, 5.74) is 8.46. The zero-order valence-electron chi connectivity index (χ0n) is 13.0. The zero-order chi connectivity index (χ0) is 15.3. The molecule has 3 unspecified atom stereocenters. The minimum Gasteiger partial charge on any atom is -0.341 e. The van der Waals surface area contributed by atoms with Crippen LogP contribution in [-0.4, -0.2) is 34.5 Å². The van der Waals surface area contributed by atoms with Crippen molar-refractivity contribution in [1.82, 2.24) is 9.47 Å². The number of aromatic nitrogens is 1. The number of carbonyl (C=O) groups is 1. The molecule has 1 aliphatic heterocycles. The number of aryl methyl sites for hydroxylation is 1. The maximum absolute atomic E-state index is 12.7. The predicted molar refractivity (Wildman–Crippen MR) is 87.4 cm³/mol. The first kappa shape index (κ1) is 13.8. The average molecular weight is 297 g/mol. The van der Waals surface area contributed by atoms with Crippen molar-refractivity contribution in [3.63, 3.8) is 0 Å². The number of fused-ring (bicyclic) bond motifs is 2. The second kappa shape index (κ2) is 5.13. The van der Waals surface area contributed by atoms with E-state index in [0.29, 0.717) is 18.4 Å². The van der Waals surface area contributed by atoms with Crippen LogP contribution in [0, 0.1) is 18.8 Å². The van der Waals surface area contributed by atoms with E-state index >= 15 is 0 Å². The maximum Gasteiger partial charge on any atom is 0.242 e. The fraction of sp³-hybridized carbons (Fsp3) is 0.500. The van der Waals surface area contributed by atoms with Crippen LogP contribution in [0.15, 0.2) is 30.3 Å². The van der Waals surface area contributed by atoms with Crippen LogP contribution in [-0.2, 0) is 11.3 Å². The van der Waals surface area contributed by atoms with Crippen LogP contribution < -0.4 is 5.73 Å². The van der Waals surface area contributed by atoms with Crippen molar-refractivity contribution in [3.05, 3.63) is 36.0 Å². The van der Waals surface area contributed by atoms with Crippen molar-refractivity contribution in [3.8, 4) is 0 Å². The summed E-state index contributed by atoms with van der Waals surface area (Å²) in [5.74, 6) is 1.37. The monoisotopic (exact) mass is 297 g/mol. The Morgan fingerprint density at radius 1 is 1.27 bits per heavy atom. The molecule has 1 aliphatic carbocycles. The number of para-hydroxylation sites is 1. The number of carbonyl (C=O) groups excluding carboxylic acids is 1. The Kier molecular flexibility index (Phi) is 3.22. The minimum atomic E-state index is 0.228. The Morgan fingerprint density at radius 3 is 2.91 bits per heavy atom. The smallest absolute Gasteiger partial charge is 0.242 e. The van der Waals surface area contributed by atoms with Crippen LogP contribution in [0.2, 0.25) is 0 Å². The van der Waals surface area contributed by atoms with E-state index in [9.17, 15) is 4.79 Å². The lowest BCUT2D eigenvalue weighted by Crippen LogP contribution is -2.35. The van der Waals surface area contributed by atoms with Gasteiger partial charge in [-0.2, -0.15) is 0 Å². The Hall–Kier alpha value is -1.81. The van der Waals surface area contributed by atoms with Crippen molar-refractivity contribution in [1.29, 1.82) is 0 Å². The van der Waals surface area contributed by atoms with Gasteiger partial charge in [0, 0.05) is 30.3 Å². The Bertz CT molecular complexity index is 720. The highest BCUT2D eigenvalue weighted by molar-refractivity contribution is 5.84. The molecule has 0 spiro atoms. The average Bonchev–Trinajstić information content (AvgIpc) is 3.15. The van der Waals surface area contributed by atoms with Gasteiger partial charge in [-0.05, 0) is 49.1 Å². The summed E-state index contributed by atoms with van der Waals surface area (Å²) in [4.78, 5) is 14.7. The van der Waals surface area contributed by atoms with Crippen LogP contribution in [0.5, 0.6) is 0 Å². The second-order valence-electron chi connectivity index (χ2n) is 6.89. The molecule has 1 aromatic carbocycles. The van der Waals surface area contributed by atoms with Gasteiger partial charge < -0.3 is 15.2 Å². The molecular weight excluding hydrogens is 274 g/mol. The molecule has 1 amide bonds. The van der Waals surface area contributed by atoms with Gasteiger partial charge in [-0.1, -0.05) is 18.2 Å². The fourth-order valence-corrected chi connectivity index (χ4v) is 4.30. The summed E-state index contributed by atoms with van der Waals surface area (Å²) in [6.07, 6.45) is 2.31. The van der Waals surface area contributed by atoms with E-state index in [1.807, 2.05) is 17.0 Å². The molecule has 2 aliphatic rings. The van der Waals surface area contributed by atoms with Gasteiger partial charge in [0.25, 0.3) is 0 Å². The van der Waals surface area contributed by atoms with Crippen molar-refractivity contribution in [2.45, 2.75) is 32.4 Å². The number of amides is 1. The van der Waals surface area contributed by atoms with E-state index in [-0.39, 0.29) is 11.9 Å². The fourth-order valence-electron chi connectivity index (χ4n) is 4.30. The molecule has 1 saturated heterocycles. The van der Waals surface area contributed by atoms with Crippen LogP contribution in [0.4, 0.5) is 0 Å². The van der Waals surface area contributed by atoms with Gasteiger partial charge in [-0.15, -0.1) is 0 Å². The van der Waals surface area contributed by atoms with Crippen molar-refractivity contribution in [2.24, 2.45) is 17.6 Å². The summed E-state index contributed by atoms with van der Waals surface area (Å²) in [5, 5.41) is 1.20. The van der Waals surface area contributed by atoms with E-state index in [4.69, 9.17) is 5.73 Å². The highest BCUT2D eigenvalue weighted by atomic mass is 16.2. The number of hydrogen-bond donors (Lipinski definition) is 1. The molecular formula is C18H23N3O. The SMILES string of the molecule is Cc1cc2ccccc2n1CC(=O)N1CC2CCC(N)C2C1. The molecule has 3 atom stereocenters. The molecule has 116 valence electrons. The molecule has 4 heteroatoms. The molecule has 2 heterocycles. The molecule has 4 nitrogen and oxygen atoms in total. The number of rotatable bonds is 2. The van der Waals surface area contributed by atoms with Gasteiger partial charge >= 0.3 is 0 Å². The van der Waals surface area contributed by atoms with Crippen molar-refractivity contribution in [2.75, 3.05) is 13.1 Å². The molecule has 0 bridgehead atoms. The third kappa shape index (κ3) is 2.13. The lowest BCUT2D eigenvalue weighted by molar-refractivity contribution is -0.131. The number of nitrogens with two attached hydrogens (primary N) is 1. The van der Waals surface area contributed by atoms with Crippen LogP contribution >= 0.6 is 0 Å². The predicted octanol–water partition coefficient (Wildman–Crippen LogP) is 2.15. The number of likely N-dealkylation sites (tertiary alicyclic amines) is 1. The van der Waals surface area contributed by atoms with E-state index in [2.05, 4.69) is 29.7 Å². The zero-order valence-corrected chi connectivity index (χ0v) is 13.0. The first-order chi connectivity index (χ1) is 10.6. The Labute approximate surface area is 130 Å². The summed E-state index contributed by atoms with van der Waals surface area (Å²) in [7, 11) is 0. The topological polar surface area (TPSA) is 51.3 Å². The third-order valence-corrected chi connectivity index (χ3v) is 5.58. The second-order valence-corrected chi connectivity index (χ2v) is 6.89. The highest BCUT2D eigenvalue weighted by Gasteiger charge is 2.42. The quantitative estimate of drug-likeness (QED) is 0.923. The van der Waals surface area contributed by atoms with Gasteiger partial charge in [0.15, 0.2) is 0 Å². The standard InChI is InChI=1S/C18H23N3O/c1-12-8-13-4-2-3-5-17(13)21(12)11-18(22)20-9-14-6-7-16(19)15(14)10-20/h2-5,8,14-16H,6-7,9-11,19H2,1H3. The molecule has 1 saturated carbocycles. The molecule has 4 rings (SSSR count). The highest BCUT2D eigenvalue weighted by Crippen LogP contribution is 2.37. The maximum atomic E-state index is 12.7. The summed E-state index contributed by atoms with van der Waals surface area (Å²) < 4.78 is 2.13. The van der Waals surface area contributed by atoms with Gasteiger partial charge in [0.05, 0.1) is 0 Å².